The van der Waals surface area contributed by atoms with E-state index >= 15 is 0 Å². The molecule has 0 saturated heterocycles. The Morgan fingerprint density at radius 3 is 2.51 bits per heavy atom. The number of nitrogens with zero attached hydrogens (tertiary/aromatic N) is 2. The molecule has 0 radical (unpaired) electrons. The van der Waals surface area contributed by atoms with Gasteiger partial charge in [0.2, 0.25) is 0 Å². The van der Waals surface area contributed by atoms with Crippen LogP contribution in [0.2, 0.25) is 10.0 Å². The van der Waals surface area contributed by atoms with Crippen molar-refractivity contribution in [2.24, 2.45) is 17.8 Å². The van der Waals surface area contributed by atoms with Gasteiger partial charge in [-0.05, 0) is 93.0 Å². The van der Waals surface area contributed by atoms with Crippen molar-refractivity contribution in [2.75, 3.05) is 0 Å². The molecule has 5 aliphatic rings. The molecule has 0 aliphatic heterocycles. The number of aromatic carboxylic acids is 1. The maximum atomic E-state index is 12.3. The molecule has 2 aromatic heterocycles. The van der Waals surface area contributed by atoms with Crippen LogP contribution >= 0.6 is 34.5 Å². The lowest BCUT2D eigenvalue weighted by molar-refractivity contribution is -0.250. The number of hydrogen-bond donors (Lipinski definition) is 2. The van der Waals surface area contributed by atoms with Gasteiger partial charge in [0.05, 0.1) is 38.0 Å². The van der Waals surface area contributed by atoms with Crippen LogP contribution in [0.25, 0.3) is 21.5 Å². The molecule has 41 heavy (non-hydrogen) atoms. The van der Waals surface area contributed by atoms with E-state index < -0.39 is 11.6 Å². The van der Waals surface area contributed by atoms with E-state index in [1.165, 1.54) is 11.3 Å². The number of fused-ring (bicyclic) bond motifs is 1. The number of benzene rings is 2. The fraction of sp³-hybridized carbons (Fsp3) is 0.452. The summed E-state index contributed by atoms with van der Waals surface area (Å²) in [4.78, 5) is 16.3. The quantitative estimate of drug-likeness (QED) is 0.220. The Bertz CT molecular complexity index is 1680. The average molecular weight is 612 g/mol. The van der Waals surface area contributed by atoms with Gasteiger partial charge in [0.15, 0.2) is 0 Å². The van der Waals surface area contributed by atoms with Crippen LogP contribution < -0.4 is 0 Å². The van der Waals surface area contributed by atoms with E-state index in [1.54, 1.807) is 18.2 Å². The third-order valence-corrected chi connectivity index (χ3v) is 11.6. The zero-order chi connectivity index (χ0) is 28.1. The van der Waals surface area contributed by atoms with Crippen LogP contribution in [0.5, 0.6) is 0 Å². The highest BCUT2D eigenvalue weighted by Crippen LogP contribution is 2.65. The molecule has 5 aliphatic carbocycles. The second-order valence-electron chi connectivity index (χ2n) is 12.4. The molecule has 4 aromatic rings. The molecule has 5 saturated carbocycles. The summed E-state index contributed by atoms with van der Waals surface area (Å²) in [6.07, 6.45) is 6.49. The maximum Gasteiger partial charge on any atom is 0.335 e. The Kier molecular flexibility index (Phi) is 5.90. The minimum atomic E-state index is -1.04. The monoisotopic (exact) mass is 610 g/mol. The molecular formula is C31H28Cl2N2O5S. The number of hydrogen-bond acceptors (Lipinski definition) is 7. The summed E-state index contributed by atoms with van der Waals surface area (Å²) in [5.41, 5.74) is 1.83. The lowest BCUT2D eigenvalue weighted by atomic mass is 9.48. The predicted molar refractivity (Wildman–Crippen MR) is 155 cm³/mol. The molecule has 2 N–H and O–H groups in total. The lowest BCUT2D eigenvalue weighted by Crippen LogP contribution is -2.62. The highest BCUT2D eigenvalue weighted by Gasteiger charge is 2.64. The van der Waals surface area contributed by atoms with Gasteiger partial charge in [-0.3, -0.25) is 0 Å². The molecule has 9 rings (SSSR count). The average Bonchev–Trinajstić information content (AvgIpc) is 3.55. The van der Waals surface area contributed by atoms with Gasteiger partial charge in [-0.15, -0.1) is 11.3 Å². The van der Waals surface area contributed by atoms with Crippen LogP contribution in [-0.4, -0.2) is 31.9 Å². The summed E-state index contributed by atoms with van der Waals surface area (Å²) in [5, 5.41) is 27.9. The van der Waals surface area contributed by atoms with E-state index in [2.05, 4.69) is 5.16 Å². The van der Waals surface area contributed by atoms with Gasteiger partial charge in [0.25, 0.3) is 0 Å². The van der Waals surface area contributed by atoms with Crippen molar-refractivity contribution in [1.29, 1.82) is 0 Å². The van der Waals surface area contributed by atoms with Gasteiger partial charge in [-0.1, -0.05) is 34.4 Å². The molecular weight excluding hydrogens is 583 g/mol. The molecule has 5 atom stereocenters. The van der Waals surface area contributed by atoms with E-state index in [1.807, 2.05) is 18.2 Å². The number of ether oxygens (including phenoxy) is 1. The summed E-state index contributed by atoms with van der Waals surface area (Å²) in [5.74, 6) is 0.786. The van der Waals surface area contributed by atoms with Gasteiger partial charge < -0.3 is 19.5 Å². The number of thiazole rings is 1. The van der Waals surface area contributed by atoms with Crippen molar-refractivity contribution in [2.45, 2.75) is 68.7 Å². The number of carboxylic acids is 1. The van der Waals surface area contributed by atoms with Crippen molar-refractivity contribution in [1.82, 2.24) is 10.1 Å². The smallest absolute Gasteiger partial charge is 0.335 e. The van der Waals surface area contributed by atoms with E-state index in [9.17, 15) is 15.0 Å². The third-order valence-electron chi connectivity index (χ3n) is 9.84. The van der Waals surface area contributed by atoms with Crippen molar-refractivity contribution in [3.63, 3.8) is 0 Å². The van der Waals surface area contributed by atoms with Crippen molar-refractivity contribution < 1.29 is 24.3 Å². The first-order valence-corrected chi connectivity index (χ1v) is 15.7. The normalized spacial score (nSPS) is 30.4. The molecule has 212 valence electrons. The molecule has 2 aromatic carbocycles. The van der Waals surface area contributed by atoms with E-state index in [-0.39, 0.29) is 23.0 Å². The zero-order valence-electron chi connectivity index (χ0n) is 22.1. The van der Waals surface area contributed by atoms with E-state index in [4.69, 9.17) is 37.4 Å². The second kappa shape index (κ2) is 9.25. The summed E-state index contributed by atoms with van der Waals surface area (Å²) < 4.78 is 13.6. The molecule has 5 fully saturated rings. The molecule has 7 nitrogen and oxygen atoms in total. The second-order valence-corrected chi connectivity index (χ2v) is 14.2. The summed E-state index contributed by atoms with van der Waals surface area (Å²) in [6.45, 7) is 0.357. The molecule has 0 spiro atoms. The Balaban J connectivity index is 1.10. The van der Waals surface area contributed by atoms with Crippen LogP contribution in [0.1, 0.15) is 77.6 Å². The fourth-order valence-electron chi connectivity index (χ4n) is 7.94. The number of rotatable bonds is 7. The Morgan fingerprint density at radius 2 is 1.83 bits per heavy atom. The number of carbonyl (C=O) groups is 1. The SMILES string of the molecule is O=C(O)c1ccc2nc(C3(O)[C@@H]4CC5C[C@H]3CC(OCc3c(-c6c(Cl)cccc6Cl)noc3C3CC3)(C5)C4)sc2c1. The first-order valence-electron chi connectivity index (χ1n) is 14.2. The number of halogens is 2. The highest BCUT2D eigenvalue weighted by atomic mass is 35.5. The first-order chi connectivity index (χ1) is 19.7. The molecule has 0 amide bonds. The first kappa shape index (κ1) is 26.2. The van der Waals surface area contributed by atoms with Crippen LogP contribution in [0.15, 0.2) is 40.9 Å². The van der Waals surface area contributed by atoms with Gasteiger partial charge in [-0.25, -0.2) is 9.78 Å². The van der Waals surface area contributed by atoms with Gasteiger partial charge in [0.1, 0.15) is 22.1 Å². The van der Waals surface area contributed by atoms with Gasteiger partial charge >= 0.3 is 5.97 Å². The Morgan fingerprint density at radius 1 is 1.10 bits per heavy atom. The Hall–Kier alpha value is -2.49. The molecule has 3 unspecified atom stereocenters. The minimum absolute atomic E-state index is 0.0242. The predicted octanol–water partition coefficient (Wildman–Crippen LogP) is 7.82. The van der Waals surface area contributed by atoms with Crippen LogP contribution in [-0.2, 0) is 16.9 Å². The summed E-state index contributed by atoms with van der Waals surface area (Å²) in [6, 6.07) is 10.4. The topological polar surface area (TPSA) is 106 Å². The fourth-order valence-corrected chi connectivity index (χ4v) is 9.77. The van der Waals surface area contributed by atoms with Gasteiger partial charge in [-0.2, -0.15) is 0 Å². The summed E-state index contributed by atoms with van der Waals surface area (Å²) in [7, 11) is 0. The highest BCUT2D eigenvalue weighted by molar-refractivity contribution is 7.18. The lowest BCUT2D eigenvalue weighted by Gasteiger charge is -2.62. The van der Waals surface area contributed by atoms with Crippen LogP contribution in [0.3, 0.4) is 0 Å². The number of aliphatic hydroxyl groups is 1. The number of aromatic nitrogens is 2. The Labute approximate surface area is 250 Å². The van der Waals surface area contributed by atoms with Crippen molar-refractivity contribution >= 4 is 50.7 Å². The summed E-state index contributed by atoms with van der Waals surface area (Å²) >= 11 is 14.6. The standard InChI is InChI=1S/C31H28Cl2N2O5S/c32-21-2-1-3-22(33)25(21)26-20(27(40-35-26)16-4-5-16)14-39-30-11-15-8-18(12-30)31(38,19(9-15)13-30)29-34-23-7-6-17(28(36)37)10-24(23)41-29/h1-3,6-7,10,15-16,18-19,38H,4-5,8-9,11-14H2,(H,36,37)/t15?,18-,19+,30?,31?. The third kappa shape index (κ3) is 4.09. The largest absolute Gasteiger partial charge is 0.478 e. The van der Waals surface area contributed by atoms with Crippen LogP contribution in [0.4, 0.5) is 0 Å². The molecule has 2 heterocycles. The zero-order valence-corrected chi connectivity index (χ0v) is 24.4. The maximum absolute atomic E-state index is 12.3. The van der Waals surface area contributed by atoms with E-state index in [0.29, 0.717) is 44.8 Å². The van der Waals surface area contributed by atoms with Gasteiger partial charge in [0, 0.05) is 17.0 Å². The van der Waals surface area contributed by atoms with E-state index in [0.717, 1.165) is 66.5 Å². The molecule has 4 bridgehead atoms. The minimum Gasteiger partial charge on any atom is -0.478 e. The molecule has 10 heteroatoms. The van der Waals surface area contributed by atoms with Crippen molar-refractivity contribution in [3.05, 3.63) is 68.3 Å². The number of carboxylic acid groups (broad SMARTS) is 1. The van der Waals surface area contributed by atoms with Crippen molar-refractivity contribution in [3.8, 4) is 11.3 Å². The van der Waals surface area contributed by atoms with Crippen LogP contribution in [0, 0.1) is 17.8 Å².